The van der Waals surface area contributed by atoms with E-state index in [-0.39, 0.29) is 34.0 Å². The van der Waals surface area contributed by atoms with Gasteiger partial charge in [-0.05, 0) is 78.8 Å². The van der Waals surface area contributed by atoms with Crippen molar-refractivity contribution in [1.29, 1.82) is 0 Å². The van der Waals surface area contributed by atoms with Gasteiger partial charge in [0.1, 0.15) is 5.92 Å². The topological polar surface area (TPSA) is 34.1 Å². The van der Waals surface area contributed by atoms with E-state index < -0.39 is 17.6 Å². The van der Waals surface area contributed by atoms with Crippen LogP contribution in [-0.2, 0) is 16.0 Å². The second-order valence-corrected chi connectivity index (χ2v) is 9.36. The Morgan fingerprint density at radius 3 is 2.07 bits per heavy atom. The van der Waals surface area contributed by atoms with Crippen LogP contribution in [0.4, 0.5) is 8.78 Å². The summed E-state index contributed by atoms with van der Waals surface area (Å²) in [5.74, 6) is -2.50. The van der Waals surface area contributed by atoms with Crippen molar-refractivity contribution in [3.63, 3.8) is 0 Å². The lowest BCUT2D eigenvalue weighted by Crippen LogP contribution is -2.41. The zero-order valence-electron chi connectivity index (χ0n) is 16.8. The molecule has 0 N–H and O–H groups in total. The number of hydrogen-bond donors (Lipinski definition) is 0. The minimum absolute atomic E-state index is 0.0361. The van der Waals surface area contributed by atoms with Crippen LogP contribution in [0.1, 0.15) is 49.7 Å². The molecule has 0 aromatic heterocycles. The van der Waals surface area contributed by atoms with Gasteiger partial charge in [-0.25, -0.2) is 8.78 Å². The lowest BCUT2D eigenvalue weighted by Gasteiger charge is -2.43. The number of aryl methyl sites for hydroxylation is 1. The maximum absolute atomic E-state index is 14.6. The number of ketones is 2. The first-order chi connectivity index (χ1) is 14.4. The van der Waals surface area contributed by atoms with Gasteiger partial charge in [-0.15, -0.1) is 0 Å². The van der Waals surface area contributed by atoms with Crippen LogP contribution in [-0.4, -0.2) is 11.6 Å². The van der Waals surface area contributed by atoms with Crippen molar-refractivity contribution >= 4 is 23.2 Å². The van der Waals surface area contributed by atoms with E-state index in [2.05, 4.69) is 0 Å². The maximum atomic E-state index is 14.6. The van der Waals surface area contributed by atoms with Gasteiger partial charge in [0.05, 0.1) is 5.02 Å². The summed E-state index contributed by atoms with van der Waals surface area (Å²) in [6.07, 6.45) is 4.80. The molecule has 0 heterocycles. The van der Waals surface area contributed by atoms with Crippen LogP contribution in [0.2, 0.25) is 5.02 Å². The molecule has 3 atom stereocenters. The van der Waals surface area contributed by atoms with Crippen LogP contribution in [0.3, 0.4) is 0 Å². The highest BCUT2D eigenvalue weighted by molar-refractivity contribution is 6.30. The Bertz CT molecular complexity index is 1030. The Hall–Kier alpha value is -2.07. The fourth-order valence-corrected chi connectivity index (χ4v) is 6.35. The summed E-state index contributed by atoms with van der Waals surface area (Å²) >= 11 is 5.69. The highest BCUT2D eigenvalue weighted by atomic mass is 35.5. The zero-order valence-corrected chi connectivity index (χ0v) is 17.5. The van der Waals surface area contributed by atoms with Crippen molar-refractivity contribution in [1.82, 2.24) is 0 Å². The summed E-state index contributed by atoms with van der Waals surface area (Å²) in [5.41, 5.74) is 2.10. The van der Waals surface area contributed by atoms with E-state index >= 15 is 0 Å². The number of carbonyl (C=O) groups excluding carboxylic acids is 2. The summed E-state index contributed by atoms with van der Waals surface area (Å²) in [5, 5.41) is -0.276. The molecule has 2 aromatic carbocycles. The molecule has 2 bridgehead atoms. The van der Waals surface area contributed by atoms with Gasteiger partial charge in [0.2, 0.25) is 0 Å². The normalized spacial score (nSPS) is 30.1. The number of halogens is 3. The number of rotatable bonds is 3. The standard InChI is InChI=1S/C25H23ClF2O2/c1-2-12-3-8-15(16-9-10-18(26)23(28)22(16)27)11-17(12)21-24(29)19-13-4-5-14(7-6-13)20(19)25(21)30/h3,8-11,13-14,19-21H,2,4-7H2,1H3/t13?,14?,19-,20+,21?. The second kappa shape index (κ2) is 7.26. The Balaban J connectivity index is 1.61. The first kappa shape index (κ1) is 19.9. The first-order valence-corrected chi connectivity index (χ1v) is 11.1. The molecule has 1 unspecified atom stereocenters. The molecule has 156 valence electrons. The number of benzene rings is 2. The van der Waals surface area contributed by atoms with Gasteiger partial charge in [0.25, 0.3) is 0 Å². The third kappa shape index (κ3) is 2.80. The highest BCUT2D eigenvalue weighted by Gasteiger charge is 2.59. The SMILES string of the molecule is CCc1ccc(-c2ccc(Cl)c(F)c2F)cc1C1C(=O)[C@@H]2C3CCC(CC3)[C@@H]2C1=O. The molecular weight excluding hydrogens is 406 g/mol. The molecule has 4 fully saturated rings. The average Bonchev–Trinajstić information content (AvgIpc) is 3.05. The van der Waals surface area contributed by atoms with Crippen LogP contribution < -0.4 is 0 Å². The van der Waals surface area contributed by atoms with E-state index in [9.17, 15) is 18.4 Å². The van der Waals surface area contributed by atoms with Crippen molar-refractivity contribution in [2.75, 3.05) is 0 Å². The minimum Gasteiger partial charge on any atom is -0.298 e. The molecule has 0 saturated heterocycles. The third-order valence-corrected chi connectivity index (χ3v) is 7.92. The summed E-state index contributed by atoms with van der Waals surface area (Å²) in [4.78, 5) is 26.9. The average molecular weight is 429 g/mol. The van der Waals surface area contributed by atoms with Gasteiger partial charge in [0, 0.05) is 17.4 Å². The van der Waals surface area contributed by atoms with E-state index in [1.807, 2.05) is 13.0 Å². The lowest BCUT2D eigenvalue weighted by molar-refractivity contribution is -0.129. The van der Waals surface area contributed by atoms with Crippen molar-refractivity contribution in [3.05, 3.63) is 58.1 Å². The minimum atomic E-state index is -1.09. The van der Waals surface area contributed by atoms with E-state index in [0.717, 1.165) is 31.2 Å². The van der Waals surface area contributed by atoms with Gasteiger partial charge in [-0.3, -0.25) is 9.59 Å². The molecule has 0 amide bonds. The van der Waals surface area contributed by atoms with Crippen LogP contribution in [0.15, 0.2) is 30.3 Å². The van der Waals surface area contributed by atoms with E-state index in [1.54, 1.807) is 12.1 Å². The van der Waals surface area contributed by atoms with Crippen molar-refractivity contribution in [2.24, 2.45) is 23.7 Å². The summed E-state index contributed by atoms with van der Waals surface area (Å²) in [6.45, 7) is 1.97. The Morgan fingerprint density at radius 1 is 0.900 bits per heavy atom. The maximum Gasteiger partial charge on any atom is 0.178 e. The molecule has 4 aliphatic carbocycles. The highest BCUT2D eigenvalue weighted by Crippen LogP contribution is 2.56. The lowest BCUT2D eigenvalue weighted by atomic mass is 9.59. The van der Waals surface area contributed by atoms with Crippen LogP contribution in [0, 0.1) is 35.3 Å². The largest absolute Gasteiger partial charge is 0.298 e. The van der Waals surface area contributed by atoms with E-state index in [1.165, 1.54) is 12.1 Å². The van der Waals surface area contributed by atoms with Gasteiger partial charge in [-0.1, -0.05) is 30.7 Å². The van der Waals surface area contributed by atoms with E-state index in [4.69, 9.17) is 11.6 Å². The van der Waals surface area contributed by atoms with Crippen LogP contribution in [0.25, 0.3) is 11.1 Å². The van der Waals surface area contributed by atoms with E-state index in [0.29, 0.717) is 29.4 Å². The summed E-state index contributed by atoms with van der Waals surface area (Å²) < 4.78 is 28.6. The third-order valence-electron chi connectivity index (χ3n) is 7.63. The number of fused-ring (bicyclic) bond motifs is 2. The molecule has 0 spiro atoms. The van der Waals surface area contributed by atoms with Gasteiger partial charge >= 0.3 is 0 Å². The first-order valence-electron chi connectivity index (χ1n) is 10.8. The Labute approximate surface area is 179 Å². The van der Waals surface area contributed by atoms with Crippen molar-refractivity contribution < 1.29 is 18.4 Å². The van der Waals surface area contributed by atoms with Crippen LogP contribution >= 0.6 is 11.6 Å². The quantitative estimate of drug-likeness (QED) is 0.435. The summed E-state index contributed by atoms with van der Waals surface area (Å²) in [7, 11) is 0. The molecule has 0 aliphatic heterocycles. The molecule has 5 heteroatoms. The predicted molar refractivity (Wildman–Crippen MR) is 111 cm³/mol. The van der Waals surface area contributed by atoms with Crippen LogP contribution in [0.5, 0.6) is 0 Å². The molecule has 4 aliphatic rings. The molecule has 0 radical (unpaired) electrons. The Morgan fingerprint density at radius 2 is 1.50 bits per heavy atom. The summed E-state index contributed by atoms with van der Waals surface area (Å²) in [6, 6.07) is 8.01. The van der Waals surface area contributed by atoms with Gasteiger partial charge in [0.15, 0.2) is 23.2 Å². The smallest absolute Gasteiger partial charge is 0.178 e. The number of hydrogen-bond acceptors (Lipinski definition) is 2. The van der Waals surface area contributed by atoms with Crippen molar-refractivity contribution in [3.8, 4) is 11.1 Å². The fraction of sp³-hybridized carbons (Fsp3) is 0.440. The predicted octanol–water partition coefficient (Wildman–Crippen LogP) is 6.14. The molecule has 6 rings (SSSR count). The fourth-order valence-electron chi connectivity index (χ4n) is 6.20. The molecule has 4 saturated carbocycles. The van der Waals surface area contributed by atoms with Crippen molar-refractivity contribution in [2.45, 2.75) is 44.9 Å². The van der Waals surface area contributed by atoms with Gasteiger partial charge in [-0.2, -0.15) is 0 Å². The second-order valence-electron chi connectivity index (χ2n) is 8.95. The molecule has 2 nitrogen and oxygen atoms in total. The molecule has 30 heavy (non-hydrogen) atoms. The zero-order chi connectivity index (χ0) is 21.2. The number of carbonyl (C=O) groups is 2. The molecular formula is C25H23ClF2O2. The molecule has 2 aromatic rings. The van der Waals surface area contributed by atoms with Gasteiger partial charge < -0.3 is 0 Å². The Kier molecular flexibility index (Phi) is 4.81. The number of Topliss-reactive ketones (excluding diaryl/α,β-unsaturated/α-hetero) is 2. The monoisotopic (exact) mass is 428 g/mol.